The van der Waals surface area contributed by atoms with Gasteiger partial charge in [0.1, 0.15) is 13.2 Å². The van der Waals surface area contributed by atoms with Crippen LogP contribution < -0.4 is 14.2 Å². The molecule has 1 aliphatic heterocycles. The molecule has 0 aliphatic carbocycles. The van der Waals surface area contributed by atoms with Crippen LogP contribution in [0, 0.1) is 0 Å². The third-order valence-electron chi connectivity index (χ3n) is 2.71. The molecule has 1 aromatic carbocycles. The van der Waals surface area contributed by atoms with Crippen LogP contribution >= 0.6 is 0 Å². The third kappa shape index (κ3) is 2.99. The molecule has 0 atom stereocenters. The van der Waals surface area contributed by atoms with E-state index in [2.05, 4.69) is 0 Å². The number of benzene rings is 1. The van der Waals surface area contributed by atoms with Crippen LogP contribution in [0.25, 0.3) is 6.08 Å². The Morgan fingerprint density at radius 2 is 2.05 bits per heavy atom. The van der Waals surface area contributed by atoms with E-state index >= 15 is 0 Å². The van der Waals surface area contributed by atoms with Crippen molar-refractivity contribution in [3.05, 3.63) is 23.8 Å². The second-order valence-corrected chi connectivity index (χ2v) is 4.31. The van der Waals surface area contributed by atoms with E-state index in [0.717, 1.165) is 5.56 Å². The predicted octanol–water partition coefficient (Wildman–Crippen LogP) is 1.57. The number of carbonyl (C=O) groups is 1. The molecule has 1 aromatic rings. The summed E-state index contributed by atoms with van der Waals surface area (Å²) >= 11 is 0. The van der Waals surface area contributed by atoms with Crippen molar-refractivity contribution < 1.29 is 19.0 Å². The second kappa shape index (κ2) is 5.65. The van der Waals surface area contributed by atoms with Crippen molar-refractivity contribution in [3.63, 3.8) is 0 Å². The van der Waals surface area contributed by atoms with E-state index in [9.17, 15) is 4.79 Å². The summed E-state index contributed by atoms with van der Waals surface area (Å²) < 4.78 is 16.3. The maximum absolute atomic E-state index is 11.5. The SMILES string of the molecule is COc1cc(/C=C/C(=O)N(C)C)cc2c1OCCO2. The minimum Gasteiger partial charge on any atom is -0.493 e. The maximum Gasteiger partial charge on any atom is 0.246 e. The number of carbonyl (C=O) groups excluding carboxylic acids is 1. The van der Waals surface area contributed by atoms with E-state index in [1.807, 2.05) is 12.1 Å². The first-order valence-corrected chi connectivity index (χ1v) is 5.99. The molecule has 102 valence electrons. The predicted molar refractivity (Wildman–Crippen MR) is 71.7 cm³/mol. The fourth-order valence-electron chi connectivity index (χ4n) is 1.71. The third-order valence-corrected chi connectivity index (χ3v) is 2.71. The summed E-state index contributed by atoms with van der Waals surface area (Å²) in [4.78, 5) is 13.0. The van der Waals surface area contributed by atoms with Gasteiger partial charge in [-0.15, -0.1) is 0 Å². The summed E-state index contributed by atoms with van der Waals surface area (Å²) in [6.07, 6.45) is 3.23. The van der Waals surface area contributed by atoms with E-state index in [4.69, 9.17) is 14.2 Å². The minimum atomic E-state index is -0.0751. The van der Waals surface area contributed by atoms with E-state index in [1.54, 1.807) is 27.3 Å². The Morgan fingerprint density at radius 3 is 2.74 bits per heavy atom. The van der Waals surface area contributed by atoms with Crippen LogP contribution in [-0.4, -0.2) is 45.2 Å². The number of likely N-dealkylation sites (N-methyl/N-ethyl adjacent to an activating group) is 1. The zero-order chi connectivity index (χ0) is 13.8. The Hall–Kier alpha value is -2.17. The van der Waals surface area contributed by atoms with Crippen molar-refractivity contribution in [2.75, 3.05) is 34.4 Å². The molecule has 0 radical (unpaired) electrons. The number of nitrogens with zero attached hydrogens (tertiary/aromatic N) is 1. The Balaban J connectivity index is 2.29. The van der Waals surface area contributed by atoms with E-state index < -0.39 is 0 Å². The van der Waals surface area contributed by atoms with Gasteiger partial charge < -0.3 is 19.1 Å². The van der Waals surface area contributed by atoms with Crippen LogP contribution in [0.15, 0.2) is 18.2 Å². The van der Waals surface area contributed by atoms with Gasteiger partial charge in [-0.1, -0.05) is 0 Å². The average molecular weight is 263 g/mol. The highest BCUT2D eigenvalue weighted by Crippen LogP contribution is 2.40. The summed E-state index contributed by atoms with van der Waals surface area (Å²) in [6.45, 7) is 1.03. The number of fused-ring (bicyclic) bond motifs is 1. The normalized spacial score (nSPS) is 13.4. The molecular formula is C14H17NO4. The molecule has 1 amide bonds. The molecule has 0 aromatic heterocycles. The molecule has 0 unspecified atom stereocenters. The van der Waals surface area contributed by atoms with Crippen molar-refractivity contribution in [1.29, 1.82) is 0 Å². The number of rotatable bonds is 3. The minimum absolute atomic E-state index is 0.0751. The molecule has 0 spiro atoms. The van der Waals surface area contributed by atoms with Crippen molar-refractivity contribution in [2.45, 2.75) is 0 Å². The number of ether oxygens (including phenoxy) is 3. The van der Waals surface area contributed by atoms with Gasteiger partial charge >= 0.3 is 0 Å². The average Bonchev–Trinajstić information content (AvgIpc) is 2.43. The van der Waals surface area contributed by atoms with E-state index in [1.165, 1.54) is 11.0 Å². The Morgan fingerprint density at radius 1 is 1.32 bits per heavy atom. The monoisotopic (exact) mass is 263 g/mol. The zero-order valence-electron chi connectivity index (χ0n) is 11.3. The van der Waals surface area contributed by atoms with Gasteiger partial charge in [0, 0.05) is 20.2 Å². The molecule has 19 heavy (non-hydrogen) atoms. The van der Waals surface area contributed by atoms with Crippen LogP contribution in [0.2, 0.25) is 0 Å². The zero-order valence-corrected chi connectivity index (χ0v) is 11.3. The topological polar surface area (TPSA) is 48.0 Å². The highest BCUT2D eigenvalue weighted by molar-refractivity contribution is 5.91. The van der Waals surface area contributed by atoms with E-state index in [0.29, 0.717) is 30.5 Å². The van der Waals surface area contributed by atoms with Crippen LogP contribution in [0.1, 0.15) is 5.56 Å². The summed E-state index contributed by atoms with van der Waals surface area (Å²) in [5.41, 5.74) is 0.830. The van der Waals surface area contributed by atoms with Crippen molar-refractivity contribution in [2.24, 2.45) is 0 Å². The summed E-state index contributed by atoms with van der Waals surface area (Å²) in [5.74, 6) is 1.79. The standard InChI is InChI=1S/C14H17NO4/c1-15(2)13(16)5-4-10-8-11(17-3)14-12(9-10)18-6-7-19-14/h4-5,8-9H,6-7H2,1-3H3/b5-4+. The molecule has 0 N–H and O–H groups in total. The molecule has 1 aliphatic rings. The quantitative estimate of drug-likeness (QED) is 0.777. The van der Waals surface area contributed by atoms with Crippen LogP contribution in [-0.2, 0) is 4.79 Å². The Labute approximate surface area is 112 Å². The van der Waals surface area contributed by atoms with Gasteiger partial charge in [0.05, 0.1) is 7.11 Å². The first kappa shape index (κ1) is 13.3. The van der Waals surface area contributed by atoms with Gasteiger partial charge in [0.25, 0.3) is 0 Å². The van der Waals surface area contributed by atoms with Crippen LogP contribution in [0.3, 0.4) is 0 Å². The molecule has 5 nitrogen and oxygen atoms in total. The van der Waals surface area contributed by atoms with Gasteiger partial charge in [-0.05, 0) is 23.8 Å². The largest absolute Gasteiger partial charge is 0.493 e. The molecule has 2 rings (SSSR count). The highest BCUT2D eigenvalue weighted by atomic mass is 16.6. The van der Waals surface area contributed by atoms with Crippen molar-refractivity contribution >= 4 is 12.0 Å². The smallest absolute Gasteiger partial charge is 0.246 e. The lowest BCUT2D eigenvalue weighted by Crippen LogP contribution is -2.18. The molecule has 0 bridgehead atoms. The maximum atomic E-state index is 11.5. The molecule has 5 heteroatoms. The number of methoxy groups -OCH3 is 1. The fraction of sp³-hybridized carbons (Fsp3) is 0.357. The van der Waals surface area contributed by atoms with Gasteiger partial charge in [-0.2, -0.15) is 0 Å². The van der Waals surface area contributed by atoms with Crippen LogP contribution in [0.5, 0.6) is 17.2 Å². The lowest BCUT2D eigenvalue weighted by atomic mass is 10.1. The number of amides is 1. The molecule has 0 fully saturated rings. The van der Waals surface area contributed by atoms with Crippen molar-refractivity contribution in [3.8, 4) is 17.2 Å². The van der Waals surface area contributed by atoms with Gasteiger partial charge in [0.2, 0.25) is 11.7 Å². The van der Waals surface area contributed by atoms with E-state index in [-0.39, 0.29) is 5.91 Å². The second-order valence-electron chi connectivity index (χ2n) is 4.31. The Bertz CT molecular complexity index is 491. The number of hydrogen-bond acceptors (Lipinski definition) is 4. The summed E-state index contributed by atoms with van der Waals surface area (Å²) in [7, 11) is 4.99. The number of hydrogen-bond donors (Lipinski definition) is 0. The molecule has 1 heterocycles. The Kier molecular flexibility index (Phi) is 3.94. The lowest BCUT2D eigenvalue weighted by Gasteiger charge is -2.21. The molecule has 0 saturated carbocycles. The first-order valence-electron chi connectivity index (χ1n) is 5.99. The van der Waals surface area contributed by atoms with Gasteiger partial charge in [-0.25, -0.2) is 0 Å². The highest BCUT2D eigenvalue weighted by Gasteiger charge is 2.17. The van der Waals surface area contributed by atoms with Crippen LogP contribution in [0.4, 0.5) is 0 Å². The molecule has 0 saturated heterocycles. The fourth-order valence-corrected chi connectivity index (χ4v) is 1.71. The van der Waals surface area contributed by atoms with Crippen molar-refractivity contribution in [1.82, 2.24) is 4.90 Å². The first-order chi connectivity index (χ1) is 9.11. The lowest BCUT2D eigenvalue weighted by molar-refractivity contribution is -0.123. The summed E-state index contributed by atoms with van der Waals surface area (Å²) in [6, 6.07) is 3.64. The van der Waals surface area contributed by atoms with Gasteiger partial charge in [0.15, 0.2) is 11.5 Å². The van der Waals surface area contributed by atoms with Gasteiger partial charge in [-0.3, -0.25) is 4.79 Å². The molecular weight excluding hydrogens is 246 g/mol. The summed E-state index contributed by atoms with van der Waals surface area (Å²) in [5, 5.41) is 0.